The molecule has 0 amide bonds. The second-order valence-corrected chi connectivity index (χ2v) is 5.75. The molecule has 7 heteroatoms. The van der Waals surface area contributed by atoms with Crippen molar-refractivity contribution in [1.82, 2.24) is 4.98 Å². The number of rotatable bonds is 4. The Morgan fingerprint density at radius 3 is 2.95 bits per heavy atom. The number of nitrogens with one attached hydrogen (secondary N) is 1. The first-order valence-corrected chi connectivity index (χ1v) is 7.59. The van der Waals surface area contributed by atoms with Crippen molar-refractivity contribution in [2.45, 2.75) is 0 Å². The van der Waals surface area contributed by atoms with Gasteiger partial charge in [0.05, 0.1) is 23.2 Å². The maximum atomic E-state index is 6.16. The number of hydrogen-bond acceptors (Lipinski definition) is 5. The molecular formula is C14H9Cl2N3OS. The highest BCUT2D eigenvalue weighted by molar-refractivity contribution is 7.14. The summed E-state index contributed by atoms with van der Waals surface area (Å²) in [6.07, 6.45) is 3.17. The summed E-state index contributed by atoms with van der Waals surface area (Å²) >= 11 is 13.5. The van der Waals surface area contributed by atoms with E-state index in [0.717, 1.165) is 11.3 Å². The predicted molar refractivity (Wildman–Crippen MR) is 87.5 cm³/mol. The van der Waals surface area contributed by atoms with Crippen LogP contribution in [0.4, 0.5) is 5.13 Å². The van der Waals surface area contributed by atoms with Gasteiger partial charge in [-0.1, -0.05) is 23.2 Å². The minimum absolute atomic E-state index is 0.568. The molecule has 0 unspecified atom stereocenters. The molecule has 3 rings (SSSR count). The van der Waals surface area contributed by atoms with Crippen LogP contribution in [0.3, 0.4) is 0 Å². The van der Waals surface area contributed by atoms with Gasteiger partial charge < -0.3 is 4.42 Å². The topological polar surface area (TPSA) is 50.4 Å². The van der Waals surface area contributed by atoms with Crippen LogP contribution in [-0.4, -0.2) is 11.2 Å². The van der Waals surface area contributed by atoms with Crippen molar-refractivity contribution in [2.75, 3.05) is 5.43 Å². The normalized spacial score (nSPS) is 11.1. The minimum Gasteiger partial charge on any atom is -0.463 e. The van der Waals surface area contributed by atoms with E-state index in [2.05, 4.69) is 15.5 Å². The Kier molecular flexibility index (Phi) is 4.24. The van der Waals surface area contributed by atoms with E-state index >= 15 is 0 Å². The molecule has 21 heavy (non-hydrogen) atoms. The van der Waals surface area contributed by atoms with E-state index in [0.29, 0.717) is 20.9 Å². The minimum atomic E-state index is 0.568. The van der Waals surface area contributed by atoms with Gasteiger partial charge >= 0.3 is 0 Å². The second kappa shape index (κ2) is 6.30. The van der Waals surface area contributed by atoms with Crippen molar-refractivity contribution >= 4 is 45.9 Å². The molecule has 0 aliphatic carbocycles. The van der Waals surface area contributed by atoms with Crippen LogP contribution in [0.1, 0.15) is 5.76 Å². The Balaban J connectivity index is 1.74. The lowest BCUT2D eigenvalue weighted by molar-refractivity contribution is 0.560. The molecule has 0 saturated heterocycles. The third-order valence-electron chi connectivity index (χ3n) is 2.61. The monoisotopic (exact) mass is 337 g/mol. The van der Waals surface area contributed by atoms with Crippen LogP contribution in [0.15, 0.2) is 51.5 Å². The average molecular weight is 338 g/mol. The summed E-state index contributed by atoms with van der Waals surface area (Å²) in [4.78, 5) is 4.43. The number of hydrazone groups is 1. The van der Waals surface area contributed by atoms with E-state index in [1.54, 1.807) is 30.7 Å². The Hall–Kier alpha value is -1.82. The summed E-state index contributed by atoms with van der Waals surface area (Å²) in [6, 6.07) is 8.93. The molecule has 0 fully saturated rings. The van der Waals surface area contributed by atoms with Gasteiger partial charge in [-0.05, 0) is 30.3 Å². The molecule has 4 nitrogen and oxygen atoms in total. The van der Waals surface area contributed by atoms with Crippen LogP contribution in [-0.2, 0) is 0 Å². The maximum Gasteiger partial charge on any atom is 0.203 e. The van der Waals surface area contributed by atoms with Gasteiger partial charge in [0.15, 0.2) is 0 Å². The highest BCUT2D eigenvalue weighted by Crippen LogP contribution is 2.32. The molecule has 106 valence electrons. The lowest BCUT2D eigenvalue weighted by atomic mass is 10.2. The smallest absolute Gasteiger partial charge is 0.203 e. The van der Waals surface area contributed by atoms with Gasteiger partial charge in [-0.3, -0.25) is 5.43 Å². The van der Waals surface area contributed by atoms with E-state index in [4.69, 9.17) is 27.6 Å². The van der Waals surface area contributed by atoms with Crippen molar-refractivity contribution in [3.05, 3.63) is 57.8 Å². The summed E-state index contributed by atoms with van der Waals surface area (Å²) < 4.78 is 5.14. The highest BCUT2D eigenvalue weighted by atomic mass is 35.5. The first-order valence-electron chi connectivity index (χ1n) is 5.96. The van der Waals surface area contributed by atoms with Crippen molar-refractivity contribution < 1.29 is 4.42 Å². The molecule has 0 radical (unpaired) electrons. The lowest BCUT2D eigenvalue weighted by Gasteiger charge is -2.00. The largest absolute Gasteiger partial charge is 0.463 e. The third kappa shape index (κ3) is 3.44. The number of benzene rings is 1. The van der Waals surface area contributed by atoms with Crippen LogP contribution >= 0.6 is 34.5 Å². The van der Waals surface area contributed by atoms with Crippen molar-refractivity contribution in [1.29, 1.82) is 0 Å². The molecule has 0 spiro atoms. The fourth-order valence-corrected chi connectivity index (χ4v) is 2.83. The van der Waals surface area contributed by atoms with Crippen LogP contribution < -0.4 is 5.43 Å². The predicted octanol–water partition coefficient (Wildman–Crippen LogP) is 5.16. The zero-order valence-electron chi connectivity index (χ0n) is 10.6. The van der Waals surface area contributed by atoms with Crippen molar-refractivity contribution in [3.8, 4) is 11.3 Å². The molecule has 0 saturated carbocycles. The zero-order valence-corrected chi connectivity index (χ0v) is 12.9. The Labute approximate surface area is 135 Å². The van der Waals surface area contributed by atoms with Crippen molar-refractivity contribution in [3.63, 3.8) is 0 Å². The highest BCUT2D eigenvalue weighted by Gasteiger charge is 2.08. The average Bonchev–Trinajstić information content (AvgIpc) is 3.10. The molecule has 0 aliphatic heterocycles. The quantitative estimate of drug-likeness (QED) is 0.528. The number of thiazole rings is 1. The van der Waals surface area contributed by atoms with Gasteiger partial charge in [-0.25, -0.2) is 4.98 Å². The van der Waals surface area contributed by atoms with Gasteiger partial charge in [-0.2, -0.15) is 5.10 Å². The molecule has 3 aromatic rings. The lowest BCUT2D eigenvalue weighted by Crippen LogP contribution is -1.89. The first-order chi connectivity index (χ1) is 10.2. The summed E-state index contributed by atoms with van der Waals surface area (Å²) in [5, 5.41) is 7.79. The molecule has 2 heterocycles. The summed E-state index contributed by atoms with van der Waals surface area (Å²) in [5.41, 5.74) is 4.46. The van der Waals surface area contributed by atoms with E-state index < -0.39 is 0 Å². The number of furan rings is 1. The van der Waals surface area contributed by atoms with E-state index in [1.165, 1.54) is 11.3 Å². The van der Waals surface area contributed by atoms with Gasteiger partial charge in [-0.15, -0.1) is 11.3 Å². The van der Waals surface area contributed by atoms with Gasteiger partial charge in [0.2, 0.25) is 5.13 Å². The number of aromatic nitrogens is 1. The standard InChI is InChI=1S/C14H9Cl2N3OS/c15-9-3-4-11(12(16)6-9)13-8-21-14(18-13)19-17-7-10-2-1-5-20-10/h1-8H,(H,18,19)/b17-7+. The molecule has 1 aromatic carbocycles. The van der Waals surface area contributed by atoms with Crippen molar-refractivity contribution in [2.24, 2.45) is 5.10 Å². The molecule has 0 atom stereocenters. The summed E-state index contributed by atoms with van der Waals surface area (Å²) in [6.45, 7) is 0. The molecule has 0 bridgehead atoms. The fourth-order valence-electron chi connectivity index (χ4n) is 1.66. The van der Waals surface area contributed by atoms with Crippen LogP contribution in [0.5, 0.6) is 0 Å². The van der Waals surface area contributed by atoms with Crippen LogP contribution in [0.2, 0.25) is 10.0 Å². The van der Waals surface area contributed by atoms with Crippen LogP contribution in [0.25, 0.3) is 11.3 Å². The summed E-state index contributed by atoms with van der Waals surface area (Å²) in [7, 11) is 0. The SMILES string of the molecule is Clc1ccc(-c2csc(N/N=C/c3ccco3)n2)c(Cl)c1. The van der Waals surface area contributed by atoms with Gasteiger partial charge in [0.25, 0.3) is 0 Å². The maximum absolute atomic E-state index is 6.16. The molecular weight excluding hydrogens is 329 g/mol. The fraction of sp³-hybridized carbons (Fsp3) is 0. The number of hydrogen-bond donors (Lipinski definition) is 1. The first kappa shape index (κ1) is 14.1. The summed E-state index contributed by atoms with van der Waals surface area (Å²) in [5.74, 6) is 0.667. The molecule has 2 aromatic heterocycles. The van der Waals surface area contributed by atoms with Crippen LogP contribution in [0, 0.1) is 0 Å². The van der Waals surface area contributed by atoms with Gasteiger partial charge in [0, 0.05) is 16.0 Å². The zero-order chi connectivity index (χ0) is 14.7. The molecule has 0 aliphatic rings. The van der Waals surface area contributed by atoms with Gasteiger partial charge in [0.1, 0.15) is 5.76 Å². The van der Waals surface area contributed by atoms with E-state index in [9.17, 15) is 0 Å². The number of nitrogens with zero attached hydrogens (tertiary/aromatic N) is 2. The van der Waals surface area contributed by atoms with E-state index in [1.807, 2.05) is 17.5 Å². The molecule has 1 N–H and O–H groups in total. The Morgan fingerprint density at radius 1 is 1.29 bits per heavy atom. The third-order valence-corrected chi connectivity index (χ3v) is 3.90. The second-order valence-electron chi connectivity index (χ2n) is 4.05. The van der Waals surface area contributed by atoms with E-state index in [-0.39, 0.29) is 0 Å². The number of halogens is 2. The Morgan fingerprint density at radius 2 is 2.19 bits per heavy atom. The Bertz CT molecular complexity index is 768. The number of anilines is 1.